The fraction of sp³-hybridized carbons (Fsp3) is 0.500. The van der Waals surface area contributed by atoms with Crippen LogP contribution in [0.25, 0.3) is 21.3 Å². The molecule has 0 aliphatic heterocycles. The van der Waals surface area contributed by atoms with Crippen LogP contribution in [0.1, 0.15) is 33.0 Å². The highest BCUT2D eigenvalue weighted by Gasteiger charge is 2.18. The van der Waals surface area contributed by atoms with Gasteiger partial charge in [-0.05, 0) is 24.9 Å². The van der Waals surface area contributed by atoms with Crippen LogP contribution in [0.2, 0.25) is 0 Å². The average molecular weight is 460 g/mol. The number of aliphatic hydroxyl groups is 1. The van der Waals surface area contributed by atoms with E-state index >= 15 is 0 Å². The summed E-state index contributed by atoms with van der Waals surface area (Å²) < 4.78 is 11.0. The van der Waals surface area contributed by atoms with E-state index in [1.165, 1.54) is 11.3 Å². The third kappa shape index (κ3) is 6.16. The molecule has 2 N–H and O–H groups in total. The largest absolute Gasteiger partial charge is 0.496 e. The fourth-order valence-electron chi connectivity index (χ4n) is 3.69. The lowest BCUT2D eigenvalue weighted by Crippen LogP contribution is -2.36. The van der Waals surface area contributed by atoms with Crippen LogP contribution < -0.4 is 10.3 Å². The molecule has 0 spiro atoms. The van der Waals surface area contributed by atoms with E-state index in [1.807, 2.05) is 29.6 Å². The highest BCUT2D eigenvalue weighted by atomic mass is 32.1. The Labute approximate surface area is 193 Å². The molecule has 3 aromatic rings. The van der Waals surface area contributed by atoms with Crippen LogP contribution in [0.3, 0.4) is 0 Å². The molecule has 0 bridgehead atoms. The maximum absolute atomic E-state index is 13.0. The van der Waals surface area contributed by atoms with Crippen LogP contribution in [0.5, 0.6) is 5.75 Å². The lowest BCUT2D eigenvalue weighted by atomic mass is 10.1. The standard InChI is InChI=1S/C24H33N3O4S/c1-5-10-27(11-17(28)14-31-13-16(2)3)12-21-25-23(29)22-19(15-32-24(22)26-21)18-8-6-7-9-20(18)30-4/h6-9,15-17,28H,5,10-14H2,1-4H3,(H,25,26,29). The first-order valence-electron chi connectivity index (χ1n) is 11.0. The summed E-state index contributed by atoms with van der Waals surface area (Å²) in [7, 11) is 1.62. The van der Waals surface area contributed by atoms with Crippen LogP contribution in [0.4, 0.5) is 0 Å². The molecule has 0 radical (unpaired) electrons. The van der Waals surface area contributed by atoms with Crippen molar-refractivity contribution < 1.29 is 14.6 Å². The van der Waals surface area contributed by atoms with E-state index in [2.05, 4.69) is 30.7 Å². The van der Waals surface area contributed by atoms with Gasteiger partial charge < -0.3 is 19.6 Å². The average Bonchev–Trinajstić information content (AvgIpc) is 3.18. The van der Waals surface area contributed by atoms with E-state index in [0.29, 0.717) is 48.3 Å². The first-order chi connectivity index (χ1) is 15.4. The number of aromatic nitrogens is 2. The first kappa shape index (κ1) is 24.4. The highest BCUT2D eigenvalue weighted by Crippen LogP contribution is 2.36. The molecule has 0 fully saturated rings. The van der Waals surface area contributed by atoms with Crippen molar-refractivity contribution in [2.45, 2.75) is 39.8 Å². The zero-order valence-corrected chi connectivity index (χ0v) is 20.1. The number of aromatic amines is 1. The molecule has 3 rings (SSSR count). The van der Waals surface area contributed by atoms with Crippen molar-refractivity contribution in [1.29, 1.82) is 0 Å². The van der Waals surface area contributed by atoms with E-state index in [0.717, 1.165) is 29.8 Å². The SMILES string of the molecule is CCCN(Cc1nc2scc(-c3ccccc3OC)c2c(=O)[nH]1)CC(O)COCC(C)C. The minimum absolute atomic E-state index is 0.163. The molecule has 8 heteroatoms. The van der Waals surface area contributed by atoms with E-state index in [1.54, 1.807) is 7.11 Å². The molecule has 174 valence electrons. The Morgan fingerprint density at radius 1 is 1.22 bits per heavy atom. The summed E-state index contributed by atoms with van der Waals surface area (Å²) >= 11 is 1.45. The summed E-state index contributed by atoms with van der Waals surface area (Å²) in [5.41, 5.74) is 1.54. The number of H-pyrrole nitrogens is 1. The van der Waals surface area contributed by atoms with Crippen LogP contribution in [0.15, 0.2) is 34.4 Å². The summed E-state index contributed by atoms with van der Waals surface area (Å²) in [6.07, 6.45) is 0.345. The molecule has 7 nitrogen and oxygen atoms in total. The van der Waals surface area contributed by atoms with Crippen molar-refractivity contribution in [1.82, 2.24) is 14.9 Å². The van der Waals surface area contributed by atoms with Crippen LogP contribution in [-0.2, 0) is 11.3 Å². The second-order valence-electron chi connectivity index (χ2n) is 8.36. The molecular formula is C24H33N3O4S. The molecule has 0 aliphatic carbocycles. The van der Waals surface area contributed by atoms with E-state index < -0.39 is 6.10 Å². The minimum Gasteiger partial charge on any atom is -0.496 e. The van der Waals surface area contributed by atoms with Gasteiger partial charge in [-0.1, -0.05) is 39.0 Å². The predicted octanol–water partition coefficient (Wildman–Crippen LogP) is 3.91. The molecule has 0 saturated heterocycles. The topological polar surface area (TPSA) is 87.7 Å². The normalized spacial score (nSPS) is 12.7. The van der Waals surface area contributed by atoms with Gasteiger partial charge in [-0.15, -0.1) is 11.3 Å². The van der Waals surface area contributed by atoms with Gasteiger partial charge in [0.25, 0.3) is 5.56 Å². The maximum Gasteiger partial charge on any atom is 0.260 e. The number of thiophene rings is 1. The zero-order chi connectivity index (χ0) is 23.1. The number of ether oxygens (including phenoxy) is 2. The quantitative estimate of drug-likeness (QED) is 0.427. The van der Waals surface area contributed by atoms with Crippen molar-refractivity contribution in [2.24, 2.45) is 5.92 Å². The van der Waals surface area contributed by atoms with Gasteiger partial charge in [0.05, 0.1) is 31.8 Å². The van der Waals surface area contributed by atoms with Crippen molar-refractivity contribution in [3.05, 3.63) is 45.8 Å². The second-order valence-corrected chi connectivity index (χ2v) is 9.22. The maximum atomic E-state index is 13.0. The summed E-state index contributed by atoms with van der Waals surface area (Å²) in [5.74, 6) is 1.75. The first-order valence-corrected chi connectivity index (χ1v) is 11.9. The minimum atomic E-state index is -0.588. The van der Waals surface area contributed by atoms with Crippen LogP contribution in [0, 0.1) is 5.92 Å². The Morgan fingerprint density at radius 2 is 2.00 bits per heavy atom. The second kappa shape index (κ2) is 11.6. The molecule has 32 heavy (non-hydrogen) atoms. The van der Waals surface area contributed by atoms with Crippen molar-refractivity contribution in [3.63, 3.8) is 0 Å². The third-order valence-corrected chi connectivity index (χ3v) is 5.91. The molecule has 0 aliphatic rings. The molecule has 0 saturated carbocycles. The van der Waals surface area contributed by atoms with Gasteiger partial charge in [-0.2, -0.15) is 0 Å². The summed E-state index contributed by atoms with van der Waals surface area (Å²) in [5, 5.41) is 12.9. The van der Waals surface area contributed by atoms with Gasteiger partial charge in [0, 0.05) is 29.7 Å². The van der Waals surface area contributed by atoms with E-state index in [4.69, 9.17) is 14.5 Å². The number of benzene rings is 1. The summed E-state index contributed by atoms with van der Waals surface area (Å²) in [6.45, 7) is 8.90. The Kier molecular flexibility index (Phi) is 8.81. The van der Waals surface area contributed by atoms with Gasteiger partial charge in [0.2, 0.25) is 0 Å². The molecule has 1 aromatic carbocycles. The molecule has 1 atom stereocenters. The Hall–Kier alpha value is -2.26. The summed E-state index contributed by atoms with van der Waals surface area (Å²) in [6, 6.07) is 7.66. The molecule has 0 amide bonds. The van der Waals surface area contributed by atoms with Crippen LogP contribution >= 0.6 is 11.3 Å². The third-order valence-electron chi connectivity index (χ3n) is 5.03. The van der Waals surface area contributed by atoms with Gasteiger partial charge >= 0.3 is 0 Å². The number of para-hydroxylation sites is 1. The van der Waals surface area contributed by atoms with Crippen LogP contribution in [-0.4, -0.2) is 59.5 Å². The summed E-state index contributed by atoms with van der Waals surface area (Å²) in [4.78, 5) is 23.5. The number of hydrogen-bond donors (Lipinski definition) is 2. The smallest absolute Gasteiger partial charge is 0.260 e. The Balaban J connectivity index is 1.79. The lowest BCUT2D eigenvalue weighted by molar-refractivity contribution is 0.00657. The fourth-order valence-corrected chi connectivity index (χ4v) is 4.64. The number of nitrogens with one attached hydrogen (secondary N) is 1. The highest BCUT2D eigenvalue weighted by molar-refractivity contribution is 7.17. The lowest BCUT2D eigenvalue weighted by Gasteiger charge is -2.24. The number of rotatable bonds is 12. The van der Waals surface area contributed by atoms with Crippen molar-refractivity contribution >= 4 is 21.6 Å². The number of hydrogen-bond acceptors (Lipinski definition) is 7. The zero-order valence-electron chi connectivity index (χ0n) is 19.3. The molecule has 2 heterocycles. The number of methoxy groups -OCH3 is 1. The van der Waals surface area contributed by atoms with Gasteiger partial charge in [-0.25, -0.2) is 4.98 Å². The number of nitrogens with zero attached hydrogens (tertiary/aromatic N) is 2. The van der Waals surface area contributed by atoms with Gasteiger partial charge in [0.15, 0.2) is 0 Å². The van der Waals surface area contributed by atoms with E-state index in [9.17, 15) is 9.90 Å². The van der Waals surface area contributed by atoms with Gasteiger partial charge in [0.1, 0.15) is 16.4 Å². The Bertz CT molecular complexity index is 1060. The number of fused-ring (bicyclic) bond motifs is 1. The molecule has 2 aromatic heterocycles. The van der Waals surface area contributed by atoms with Crippen molar-refractivity contribution in [3.8, 4) is 16.9 Å². The number of aliphatic hydroxyl groups excluding tert-OH is 1. The van der Waals surface area contributed by atoms with Gasteiger partial charge in [-0.3, -0.25) is 9.69 Å². The predicted molar refractivity (Wildman–Crippen MR) is 129 cm³/mol. The Morgan fingerprint density at radius 3 is 2.72 bits per heavy atom. The molecule has 1 unspecified atom stereocenters. The van der Waals surface area contributed by atoms with E-state index in [-0.39, 0.29) is 5.56 Å². The monoisotopic (exact) mass is 459 g/mol. The van der Waals surface area contributed by atoms with Crippen molar-refractivity contribution in [2.75, 3.05) is 33.4 Å². The molecular weight excluding hydrogens is 426 g/mol.